The van der Waals surface area contributed by atoms with Crippen LogP contribution >= 0.6 is 0 Å². The first kappa shape index (κ1) is 18.8. The van der Waals surface area contributed by atoms with E-state index in [4.69, 9.17) is 4.74 Å². The van der Waals surface area contributed by atoms with E-state index in [0.29, 0.717) is 25.6 Å². The summed E-state index contributed by atoms with van der Waals surface area (Å²) in [6, 6.07) is 10.1. The zero-order chi connectivity index (χ0) is 19.3. The Bertz CT molecular complexity index is 828. The molecule has 28 heavy (non-hydrogen) atoms. The molecule has 0 bridgehead atoms. The van der Waals surface area contributed by atoms with E-state index in [1.165, 1.54) is 5.57 Å². The summed E-state index contributed by atoms with van der Waals surface area (Å²) in [6.45, 7) is 6.65. The highest BCUT2D eigenvalue weighted by Gasteiger charge is 2.30. The van der Waals surface area contributed by atoms with Gasteiger partial charge in [0.05, 0.1) is 19.3 Å². The standard InChI is InChI=1S/C20H26N6O2/c1-16-7-9-24(10-8-16)18(27)15-26-20(21-22-23-26)19(17-5-3-2-4-6-17)25-11-13-28-14-12-25/h2-7,19H,8-15H2,1H3/t19-/m1/s1. The van der Waals surface area contributed by atoms with Gasteiger partial charge in [-0.05, 0) is 29.3 Å². The molecule has 1 aromatic heterocycles. The predicted molar refractivity (Wildman–Crippen MR) is 103 cm³/mol. The van der Waals surface area contributed by atoms with Crippen LogP contribution in [0.3, 0.4) is 0 Å². The Morgan fingerprint density at radius 1 is 1.18 bits per heavy atom. The minimum Gasteiger partial charge on any atom is -0.379 e. The van der Waals surface area contributed by atoms with E-state index in [1.807, 2.05) is 23.1 Å². The van der Waals surface area contributed by atoms with Crippen molar-refractivity contribution in [2.75, 3.05) is 39.4 Å². The Hall–Kier alpha value is -2.58. The number of carbonyl (C=O) groups excluding carboxylic acids is 1. The minimum atomic E-state index is -0.101. The lowest BCUT2D eigenvalue weighted by molar-refractivity contribution is -0.131. The molecular formula is C20H26N6O2. The Balaban J connectivity index is 1.58. The van der Waals surface area contributed by atoms with Crippen LogP contribution in [0.15, 0.2) is 42.0 Å². The lowest BCUT2D eigenvalue weighted by Gasteiger charge is -2.34. The third kappa shape index (κ3) is 4.13. The lowest BCUT2D eigenvalue weighted by Crippen LogP contribution is -2.41. The van der Waals surface area contributed by atoms with E-state index in [9.17, 15) is 4.79 Å². The van der Waals surface area contributed by atoms with Crippen molar-refractivity contribution in [3.05, 3.63) is 53.4 Å². The fourth-order valence-corrected chi connectivity index (χ4v) is 3.74. The molecule has 0 N–H and O–H groups in total. The largest absolute Gasteiger partial charge is 0.379 e. The van der Waals surface area contributed by atoms with Gasteiger partial charge in [-0.1, -0.05) is 42.0 Å². The fourth-order valence-electron chi connectivity index (χ4n) is 3.74. The number of nitrogens with zero attached hydrogens (tertiary/aromatic N) is 6. The van der Waals surface area contributed by atoms with Gasteiger partial charge in [-0.15, -0.1) is 5.10 Å². The van der Waals surface area contributed by atoms with Gasteiger partial charge in [-0.2, -0.15) is 0 Å². The molecule has 0 aliphatic carbocycles. The SMILES string of the molecule is CC1=CCN(C(=O)Cn2nnnc2[C@@H](c2ccccc2)N2CCOCC2)CC1. The highest BCUT2D eigenvalue weighted by Crippen LogP contribution is 2.27. The molecule has 2 aliphatic heterocycles. The van der Waals surface area contributed by atoms with Crippen LogP contribution in [0.5, 0.6) is 0 Å². The van der Waals surface area contributed by atoms with Gasteiger partial charge >= 0.3 is 0 Å². The van der Waals surface area contributed by atoms with Gasteiger partial charge in [0.25, 0.3) is 0 Å². The topological polar surface area (TPSA) is 76.4 Å². The quantitative estimate of drug-likeness (QED) is 0.725. The van der Waals surface area contributed by atoms with Gasteiger partial charge in [0.15, 0.2) is 5.82 Å². The number of aromatic nitrogens is 4. The molecule has 148 valence electrons. The van der Waals surface area contributed by atoms with Gasteiger partial charge in [0.2, 0.25) is 5.91 Å². The van der Waals surface area contributed by atoms with Crippen molar-refractivity contribution in [3.8, 4) is 0 Å². The summed E-state index contributed by atoms with van der Waals surface area (Å²) >= 11 is 0. The van der Waals surface area contributed by atoms with E-state index >= 15 is 0 Å². The molecule has 0 saturated carbocycles. The number of morpholine rings is 1. The zero-order valence-corrected chi connectivity index (χ0v) is 16.2. The first-order valence-corrected chi connectivity index (χ1v) is 9.78. The summed E-state index contributed by atoms with van der Waals surface area (Å²) in [5, 5.41) is 12.4. The van der Waals surface area contributed by atoms with Crippen LogP contribution in [0.1, 0.15) is 30.8 Å². The molecule has 1 aromatic carbocycles. The Kier molecular flexibility index (Phi) is 5.78. The first-order chi connectivity index (χ1) is 13.7. The number of rotatable bonds is 5. The van der Waals surface area contributed by atoms with Crippen LogP contribution in [0.4, 0.5) is 0 Å². The number of benzene rings is 1. The molecule has 1 amide bonds. The highest BCUT2D eigenvalue weighted by molar-refractivity contribution is 5.76. The molecule has 0 radical (unpaired) electrons. The van der Waals surface area contributed by atoms with E-state index in [-0.39, 0.29) is 18.5 Å². The summed E-state index contributed by atoms with van der Waals surface area (Å²) in [5.74, 6) is 0.747. The molecule has 2 aliphatic rings. The molecule has 0 unspecified atom stereocenters. The average molecular weight is 382 g/mol. The maximum absolute atomic E-state index is 12.8. The van der Waals surface area contributed by atoms with Crippen molar-refractivity contribution in [1.82, 2.24) is 30.0 Å². The van der Waals surface area contributed by atoms with Crippen LogP contribution in [0, 0.1) is 0 Å². The predicted octanol–water partition coefficient (Wildman–Crippen LogP) is 1.27. The number of hydrogen-bond acceptors (Lipinski definition) is 6. The van der Waals surface area contributed by atoms with Crippen LogP contribution in [0.25, 0.3) is 0 Å². The van der Waals surface area contributed by atoms with Gasteiger partial charge in [0.1, 0.15) is 6.54 Å². The maximum atomic E-state index is 12.8. The second kappa shape index (κ2) is 8.62. The smallest absolute Gasteiger partial charge is 0.244 e. The third-order valence-electron chi connectivity index (χ3n) is 5.40. The molecule has 1 saturated heterocycles. The van der Waals surface area contributed by atoms with Gasteiger partial charge < -0.3 is 9.64 Å². The van der Waals surface area contributed by atoms with Crippen LogP contribution in [-0.2, 0) is 16.1 Å². The van der Waals surface area contributed by atoms with Crippen molar-refractivity contribution in [2.24, 2.45) is 0 Å². The zero-order valence-electron chi connectivity index (χ0n) is 16.2. The maximum Gasteiger partial charge on any atom is 0.244 e. The summed E-state index contributed by atoms with van der Waals surface area (Å²) in [6.07, 6.45) is 3.04. The second-order valence-corrected chi connectivity index (χ2v) is 7.30. The number of carbonyl (C=O) groups is 1. The molecule has 0 spiro atoms. The Morgan fingerprint density at radius 3 is 2.68 bits per heavy atom. The highest BCUT2D eigenvalue weighted by atomic mass is 16.5. The lowest BCUT2D eigenvalue weighted by atomic mass is 10.0. The van der Waals surface area contributed by atoms with Crippen LogP contribution in [-0.4, -0.2) is 75.3 Å². The van der Waals surface area contributed by atoms with Gasteiger partial charge in [0, 0.05) is 26.2 Å². The molecule has 1 fully saturated rings. The number of hydrogen-bond donors (Lipinski definition) is 0. The molecule has 1 atom stereocenters. The first-order valence-electron chi connectivity index (χ1n) is 9.78. The Labute approximate surface area is 164 Å². The molecular weight excluding hydrogens is 356 g/mol. The minimum absolute atomic E-state index is 0.0473. The number of tetrazole rings is 1. The molecule has 8 nitrogen and oxygen atoms in total. The molecule has 8 heteroatoms. The van der Waals surface area contributed by atoms with Crippen LogP contribution in [0.2, 0.25) is 0 Å². The van der Waals surface area contributed by atoms with Crippen molar-refractivity contribution < 1.29 is 9.53 Å². The van der Waals surface area contributed by atoms with Crippen molar-refractivity contribution in [3.63, 3.8) is 0 Å². The Morgan fingerprint density at radius 2 is 1.96 bits per heavy atom. The normalized spacial score (nSPS) is 19.3. The van der Waals surface area contributed by atoms with Gasteiger partial charge in [-0.25, -0.2) is 4.68 Å². The van der Waals surface area contributed by atoms with Gasteiger partial charge in [-0.3, -0.25) is 9.69 Å². The third-order valence-corrected chi connectivity index (χ3v) is 5.40. The molecule has 3 heterocycles. The molecule has 2 aromatic rings. The van der Waals surface area contributed by atoms with Crippen molar-refractivity contribution in [1.29, 1.82) is 0 Å². The summed E-state index contributed by atoms with van der Waals surface area (Å²) in [4.78, 5) is 17.0. The summed E-state index contributed by atoms with van der Waals surface area (Å²) in [7, 11) is 0. The monoisotopic (exact) mass is 382 g/mol. The van der Waals surface area contributed by atoms with E-state index < -0.39 is 0 Å². The number of amides is 1. The van der Waals surface area contributed by atoms with Crippen LogP contribution < -0.4 is 0 Å². The van der Waals surface area contributed by atoms with Crippen molar-refractivity contribution in [2.45, 2.75) is 25.9 Å². The van der Waals surface area contributed by atoms with E-state index in [1.54, 1.807) is 4.68 Å². The molecule has 4 rings (SSSR count). The fraction of sp³-hybridized carbons (Fsp3) is 0.500. The summed E-state index contributed by atoms with van der Waals surface area (Å²) in [5.41, 5.74) is 2.45. The second-order valence-electron chi connectivity index (χ2n) is 7.30. The number of ether oxygens (including phenoxy) is 1. The van der Waals surface area contributed by atoms with E-state index in [2.05, 4.69) is 45.6 Å². The average Bonchev–Trinajstić information content (AvgIpc) is 3.18. The summed E-state index contributed by atoms with van der Waals surface area (Å²) < 4.78 is 7.17. The van der Waals surface area contributed by atoms with Crippen molar-refractivity contribution >= 4 is 5.91 Å². The van der Waals surface area contributed by atoms with E-state index in [0.717, 1.165) is 31.6 Å².